The molecule has 25 heavy (non-hydrogen) atoms. The van der Waals surface area contributed by atoms with Gasteiger partial charge in [0.2, 0.25) is 5.95 Å². The van der Waals surface area contributed by atoms with Crippen LogP contribution in [0.3, 0.4) is 0 Å². The zero-order valence-electron chi connectivity index (χ0n) is 14.7. The Bertz CT molecular complexity index is 766. The fourth-order valence-corrected chi connectivity index (χ4v) is 3.62. The van der Waals surface area contributed by atoms with Crippen molar-refractivity contribution in [1.29, 1.82) is 0 Å². The van der Waals surface area contributed by atoms with E-state index < -0.39 is 0 Å². The Hall–Kier alpha value is -2.41. The molecule has 0 saturated carbocycles. The van der Waals surface area contributed by atoms with Crippen LogP contribution in [0.2, 0.25) is 0 Å². The van der Waals surface area contributed by atoms with E-state index in [0.29, 0.717) is 30.2 Å². The van der Waals surface area contributed by atoms with E-state index in [1.807, 2.05) is 19.2 Å². The molecular formula is C18H23N5O2. The molecule has 1 saturated heterocycles. The van der Waals surface area contributed by atoms with Crippen LogP contribution < -0.4 is 10.2 Å². The average molecular weight is 341 g/mol. The third kappa shape index (κ3) is 3.00. The molecule has 2 aliphatic rings. The topological polar surface area (TPSA) is 74.5 Å². The quantitative estimate of drug-likeness (QED) is 0.912. The van der Waals surface area contributed by atoms with Gasteiger partial charge in [-0.1, -0.05) is 0 Å². The van der Waals surface area contributed by atoms with Crippen LogP contribution in [-0.2, 0) is 6.42 Å². The number of furan rings is 1. The summed E-state index contributed by atoms with van der Waals surface area (Å²) in [5.74, 6) is 2.34. The van der Waals surface area contributed by atoms with Gasteiger partial charge in [0.25, 0.3) is 0 Å². The maximum absolute atomic E-state index is 12.7. The van der Waals surface area contributed by atoms with Crippen LogP contribution in [0.4, 0.5) is 11.8 Å². The van der Waals surface area contributed by atoms with Crippen LogP contribution >= 0.6 is 0 Å². The number of hydrogen-bond acceptors (Lipinski definition) is 7. The number of nitrogens with zero attached hydrogens (tertiary/aromatic N) is 4. The first-order valence-electron chi connectivity index (χ1n) is 8.74. The summed E-state index contributed by atoms with van der Waals surface area (Å²) in [7, 11) is 3.93. The van der Waals surface area contributed by atoms with Crippen LogP contribution in [0.25, 0.3) is 0 Å². The smallest absolute Gasteiger partial charge is 0.227 e. The number of carbonyl (C=O) groups excluding carboxylic acids is 1. The summed E-state index contributed by atoms with van der Waals surface area (Å²) >= 11 is 0. The molecule has 0 bridgehead atoms. The van der Waals surface area contributed by atoms with Crippen molar-refractivity contribution < 1.29 is 9.21 Å². The van der Waals surface area contributed by atoms with Gasteiger partial charge in [-0.25, -0.2) is 4.98 Å². The number of rotatable bonds is 3. The van der Waals surface area contributed by atoms with Crippen LogP contribution in [-0.4, -0.2) is 60.9 Å². The van der Waals surface area contributed by atoms with Gasteiger partial charge in [0.1, 0.15) is 11.6 Å². The fraction of sp³-hybridized carbons (Fsp3) is 0.500. The molecule has 0 spiro atoms. The second kappa shape index (κ2) is 6.48. The predicted molar refractivity (Wildman–Crippen MR) is 95.4 cm³/mol. The lowest BCUT2D eigenvalue weighted by Gasteiger charge is -2.33. The number of anilines is 2. The first-order chi connectivity index (χ1) is 12.2. The van der Waals surface area contributed by atoms with Crippen molar-refractivity contribution in [2.75, 3.05) is 50.5 Å². The van der Waals surface area contributed by atoms with E-state index in [1.54, 1.807) is 6.26 Å². The summed E-state index contributed by atoms with van der Waals surface area (Å²) in [5.41, 5.74) is 1.47. The summed E-state index contributed by atoms with van der Waals surface area (Å²) in [4.78, 5) is 26.6. The highest BCUT2D eigenvalue weighted by Crippen LogP contribution is 2.35. The SMILES string of the molecule is CNc1nc(N2CCN(C)CC2)nc2c1C(=O)C[C@@H](c1ccco1)C2. The fourth-order valence-electron chi connectivity index (χ4n) is 3.62. The van der Waals surface area contributed by atoms with Crippen molar-refractivity contribution in [2.24, 2.45) is 0 Å². The molecule has 7 heteroatoms. The normalized spacial score (nSPS) is 21.3. The van der Waals surface area contributed by atoms with Crippen LogP contribution in [0.15, 0.2) is 22.8 Å². The Morgan fingerprint density at radius 1 is 1.20 bits per heavy atom. The van der Waals surface area contributed by atoms with Gasteiger partial charge in [0, 0.05) is 52.0 Å². The zero-order chi connectivity index (χ0) is 17.4. The van der Waals surface area contributed by atoms with Crippen molar-refractivity contribution in [1.82, 2.24) is 14.9 Å². The van der Waals surface area contributed by atoms with Gasteiger partial charge >= 0.3 is 0 Å². The molecule has 7 nitrogen and oxygen atoms in total. The maximum atomic E-state index is 12.7. The molecule has 0 radical (unpaired) electrons. The number of hydrogen-bond donors (Lipinski definition) is 1. The van der Waals surface area contributed by atoms with Crippen LogP contribution in [0, 0.1) is 0 Å². The van der Waals surface area contributed by atoms with E-state index in [4.69, 9.17) is 9.40 Å². The highest BCUT2D eigenvalue weighted by molar-refractivity contribution is 6.03. The molecule has 0 unspecified atom stereocenters. The number of likely N-dealkylation sites (N-methyl/N-ethyl adjacent to an activating group) is 1. The number of fused-ring (bicyclic) bond motifs is 1. The largest absolute Gasteiger partial charge is 0.469 e. The molecule has 4 rings (SSSR count). The molecule has 2 aromatic heterocycles. The molecule has 0 aromatic carbocycles. The van der Waals surface area contributed by atoms with Crippen molar-refractivity contribution in [3.63, 3.8) is 0 Å². The Kier molecular flexibility index (Phi) is 4.17. The molecule has 132 valence electrons. The Balaban J connectivity index is 1.69. The van der Waals surface area contributed by atoms with E-state index in [-0.39, 0.29) is 11.7 Å². The van der Waals surface area contributed by atoms with E-state index in [0.717, 1.165) is 37.6 Å². The van der Waals surface area contributed by atoms with Gasteiger partial charge in [-0.2, -0.15) is 4.98 Å². The number of carbonyl (C=O) groups is 1. The molecule has 1 aliphatic carbocycles. The molecule has 3 heterocycles. The van der Waals surface area contributed by atoms with Crippen molar-refractivity contribution in [3.8, 4) is 0 Å². The monoisotopic (exact) mass is 341 g/mol. The molecular weight excluding hydrogens is 318 g/mol. The lowest BCUT2D eigenvalue weighted by Crippen LogP contribution is -2.45. The van der Waals surface area contributed by atoms with E-state index >= 15 is 0 Å². The number of aromatic nitrogens is 2. The second-order valence-corrected chi connectivity index (χ2v) is 6.78. The Labute approximate surface area is 147 Å². The maximum Gasteiger partial charge on any atom is 0.227 e. The van der Waals surface area contributed by atoms with E-state index in [2.05, 4.69) is 27.1 Å². The van der Waals surface area contributed by atoms with E-state index in [1.165, 1.54) is 0 Å². The summed E-state index contributed by atoms with van der Waals surface area (Å²) in [6, 6.07) is 3.80. The van der Waals surface area contributed by atoms with Gasteiger partial charge < -0.3 is 19.5 Å². The Morgan fingerprint density at radius 3 is 2.68 bits per heavy atom. The van der Waals surface area contributed by atoms with Gasteiger partial charge in [-0.3, -0.25) is 4.79 Å². The first-order valence-corrected chi connectivity index (χ1v) is 8.74. The summed E-state index contributed by atoms with van der Waals surface area (Å²) in [6.45, 7) is 3.77. The molecule has 1 aliphatic heterocycles. The number of nitrogens with one attached hydrogen (secondary N) is 1. The highest BCUT2D eigenvalue weighted by Gasteiger charge is 2.33. The van der Waals surface area contributed by atoms with Crippen molar-refractivity contribution in [3.05, 3.63) is 35.4 Å². The van der Waals surface area contributed by atoms with Gasteiger partial charge in [-0.05, 0) is 19.2 Å². The zero-order valence-corrected chi connectivity index (χ0v) is 14.7. The van der Waals surface area contributed by atoms with Crippen molar-refractivity contribution in [2.45, 2.75) is 18.8 Å². The molecule has 1 fully saturated rings. The molecule has 1 N–H and O–H groups in total. The van der Waals surface area contributed by atoms with Crippen molar-refractivity contribution >= 4 is 17.5 Å². The molecule has 2 aromatic rings. The van der Waals surface area contributed by atoms with Gasteiger partial charge in [0.15, 0.2) is 5.78 Å². The van der Waals surface area contributed by atoms with Gasteiger partial charge in [-0.15, -0.1) is 0 Å². The summed E-state index contributed by atoms with van der Waals surface area (Å²) in [5, 5.41) is 3.09. The average Bonchev–Trinajstić information content (AvgIpc) is 3.16. The number of Topliss-reactive ketones (excluding diaryl/α,β-unsaturated/α-hetero) is 1. The minimum absolute atomic E-state index is 0.0509. The van der Waals surface area contributed by atoms with Crippen LogP contribution in [0.5, 0.6) is 0 Å². The first kappa shape index (κ1) is 16.1. The van der Waals surface area contributed by atoms with Gasteiger partial charge in [0.05, 0.1) is 17.5 Å². The Morgan fingerprint density at radius 2 is 2.00 bits per heavy atom. The standard InChI is InChI=1S/C18H23N5O2/c1-19-17-16-13(10-12(11-14(16)24)15-4-3-9-25-15)20-18(21-17)23-7-5-22(2)6-8-23/h3-4,9,12H,5-8,10-11H2,1-2H3,(H,19,20,21)/t12-/m0/s1. The lowest BCUT2D eigenvalue weighted by molar-refractivity contribution is 0.0959. The predicted octanol–water partition coefficient (Wildman–Crippen LogP) is 1.78. The van der Waals surface area contributed by atoms with Crippen LogP contribution in [0.1, 0.15) is 34.2 Å². The number of ketones is 1. The summed E-state index contributed by atoms with van der Waals surface area (Å²) < 4.78 is 5.52. The minimum atomic E-state index is 0.0509. The molecule has 0 amide bonds. The minimum Gasteiger partial charge on any atom is -0.469 e. The molecule has 1 atom stereocenters. The second-order valence-electron chi connectivity index (χ2n) is 6.78. The lowest BCUT2D eigenvalue weighted by atomic mass is 9.84. The number of piperazine rings is 1. The third-order valence-electron chi connectivity index (χ3n) is 5.09. The summed E-state index contributed by atoms with van der Waals surface area (Å²) in [6.07, 6.45) is 2.79. The van der Waals surface area contributed by atoms with E-state index in [9.17, 15) is 4.79 Å². The third-order valence-corrected chi connectivity index (χ3v) is 5.09. The highest BCUT2D eigenvalue weighted by atomic mass is 16.3.